The maximum absolute atomic E-state index is 13.2. The van der Waals surface area contributed by atoms with Crippen molar-refractivity contribution in [2.24, 2.45) is 0 Å². The molecule has 0 saturated heterocycles. The predicted molar refractivity (Wildman–Crippen MR) is 62.6 cm³/mol. The SMILES string of the molecule is Cc1ocnc1CNCc1cccc(F)c1N. The van der Waals surface area contributed by atoms with Gasteiger partial charge in [-0.1, -0.05) is 12.1 Å². The fourth-order valence-electron chi connectivity index (χ4n) is 1.55. The topological polar surface area (TPSA) is 64.1 Å². The third kappa shape index (κ3) is 2.62. The van der Waals surface area contributed by atoms with Gasteiger partial charge >= 0.3 is 0 Å². The lowest BCUT2D eigenvalue weighted by Gasteiger charge is -2.07. The minimum absolute atomic E-state index is 0.192. The van der Waals surface area contributed by atoms with Crippen molar-refractivity contribution in [3.8, 4) is 0 Å². The molecule has 17 heavy (non-hydrogen) atoms. The summed E-state index contributed by atoms with van der Waals surface area (Å²) in [5.41, 5.74) is 7.40. The van der Waals surface area contributed by atoms with Crippen LogP contribution in [0.25, 0.3) is 0 Å². The third-order valence-corrected chi connectivity index (χ3v) is 2.60. The van der Waals surface area contributed by atoms with Gasteiger partial charge in [-0.3, -0.25) is 0 Å². The molecule has 0 aliphatic heterocycles. The molecule has 0 aliphatic carbocycles. The number of aryl methyl sites for hydroxylation is 1. The van der Waals surface area contributed by atoms with Crippen molar-refractivity contribution in [2.75, 3.05) is 5.73 Å². The Morgan fingerprint density at radius 3 is 2.94 bits per heavy atom. The molecule has 0 amide bonds. The summed E-state index contributed by atoms with van der Waals surface area (Å²) in [7, 11) is 0. The van der Waals surface area contributed by atoms with Crippen molar-refractivity contribution in [1.82, 2.24) is 10.3 Å². The Kier molecular flexibility index (Phi) is 3.39. The van der Waals surface area contributed by atoms with Crippen molar-refractivity contribution in [1.29, 1.82) is 0 Å². The number of hydrogen-bond donors (Lipinski definition) is 2. The average Bonchev–Trinajstić information content (AvgIpc) is 2.71. The van der Waals surface area contributed by atoms with Crippen LogP contribution >= 0.6 is 0 Å². The number of aromatic nitrogens is 1. The molecule has 0 fully saturated rings. The zero-order chi connectivity index (χ0) is 12.3. The van der Waals surface area contributed by atoms with E-state index in [0.29, 0.717) is 13.1 Å². The first-order valence-electron chi connectivity index (χ1n) is 5.31. The Morgan fingerprint density at radius 2 is 2.24 bits per heavy atom. The first-order valence-corrected chi connectivity index (χ1v) is 5.31. The molecule has 0 saturated carbocycles. The summed E-state index contributed by atoms with van der Waals surface area (Å²) in [5, 5.41) is 3.14. The maximum atomic E-state index is 13.2. The van der Waals surface area contributed by atoms with E-state index in [9.17, 15) is 4.39 Å². The van der Waals surface area contributed by atoms with Crippen LogP contribution in [0, 0.1) is 12.7 Å². The van der Waals surface area contributed by atoms with Crippen LogP contribution in [-0.4, -0.2) is 4.98 Å². The van der Waals surface area contributed by atoms with Crippen LogP contribution in [0.15, 0.2) is 29.0 Å². The number of nitrogens with two attached hydrogens (primary N) is 1. The van der Waals surface area contributed by atoms with Gasteiger partial charge in [-0.2, -0.15) is 0 Å². The van der Waals surface area contributed by atoms with Crippen molar-refractivity contribution in [2.45, 2.75) is 20.0 Å². The highest BCUT2D eigenvalue weighted by atomic mass is 19.1. The number of nitrogens with zero attached hydrogens (tertiary/aromatic N) is 1. The Morgan fingerprint density at radius 1 is 1.41 bits per heavy atom. The molecular formula is C12H14FN3O. The molecule has 4 nitrogen and oxygen atoms in total. The van der Waals surface area contributed by atoms with Crippen LogP contribution < -0.4 is 11.1 Å². The minimum Gasteiger partial charge on any atom is -0.448 e. The smallest absolute Gasteiger partial charge is 0.181 e. The Bertz CT molecular complexity index is 510. The fourth-order valence-corrected chi connectivity index (χ4v) is 1.55. The van der Waals surface area contributed by atoms with Gasteiger partial charge in [-0.15, -0.1) is 0 Å². The lowest BCUT2D eigenvalue weighted by molar-refractivity contribution is 0.522. The number of para-hydroxylation sites is 1. The third-order valence-electron chi connectivity index (χ3n) is 2.60. The van der Waals surface area contributed by atoms with Crippen LogP contribution in [0.4, 0.5) is 10.1 Å². The summed E-state index contributed by atoms with van der Waals surface area (Å²) < 4.78 is 18.2. The Labute approximate surface area is 98.7 Å². The lowest BCUT2D eigenvalue weighted by atomic mass is 10.1. The van der Waals surface area contributed by atoms with Crippen molar-refractivity contribution >= 4 is 5.69 Å². The molecule has 2 rings (SSSR count). The van der Waals surface area contributed by atoms with Gasteiger partial charge in [0, 0.05) is 13.1 Å². The Balaban J connectivity index is 1.95. The highest BCUT2D eigenvalue weighted by molar-refractivity contribution is 5.47. The molecular weight excluding hydrogens is 221 g/mol. The van der Waals surface area contributed by atoms with Crippen LogP contribution in [0.1, 0.15) is 17.0 Å². The zero-order valence-corrected chi connectivity index (χ0v) is 9.53. The summed E-state index contributed by atoms with van der Waals surface area (Å²) in [5.74, 6) is 0.395. The van der Waals surface area contributed by atoms with Gasteiger partial charge in [0.25, 0.3) is 0 Å². The molecule has 0 aliphatic rings. The van der Waals surface area contributed by atoms with Crippen LogP contribution in [0.2, 0.25) is 0 Å². The molecule has 0 unspecified atom stereocenters. The number of nitrogen functional groups attached to an aromatic ring is 1. The second-order valence-electron chi connectivity index (χ2n) is 3.77. The molecule has 0 radical (unpaired) electrons. The van der Waals surface area contributed by atoms with Crippen LogP contribution in [0.3, 0.4) is 0 Å². The molecule has 1 aromatic heterocycles. The molecule has 0 spiro atoms. The normalized spacial score (nSPS) is 10.7. The first-order chi connectivity index (χ1) is 8.18. The lowest BCUT2D eigenvalue weighted by Crippen LogP contribution is -2.15. The monoisotopic (exact) mass is 235 g/mol. The van der Waals surface area contributed by atoms with E-state index < -0.39 is 0 Å². The van der Waals surface area contributed by atoms with E-state index in [1.54, 1.807) is 12.1 Å². The van der Waals surface area contributed by atoms with E-state index >= 15 is 0 Å². The summed E-state index contributed by atoms with van der Waals surface area (Å²) in [6.07, 6.45) is 1.41. The van der Waals surface area contributed by atoms with Crippen molar-refractivity contribution < 1.29 is 8.81 Å². The number of rotatable bonds is 4. The van der Waals surface area contributed by atoms with Gasteiger partial charge in [0.2, 0.25) is 0 Å². The van der Waals surface area contributed by atoms with Crippen molar-refractivity contribution in [3.05, 3.63) is 47.4 Å². The molecule has 1 heterocycles. The van der Waals surface area contributed by atoms with Crippen LogP contribution in [-0.2, 0) is 13.1 Å². The molecule has 1 aromatic carbocycles. The van der Waals surface area contributed by atoms with E-state index in [2.05, 4.69) is 10.3 Å². The average molecular weight is 235 g/mol. The fraction of sp³-hybridized carbons (Fsp3) is 0.250. The van der Waals surface area contributed by atoms with Gasteiger partial charge in [-0.05, 0) is 18.6 Å². The number of anilines is 1. The second kappa shape index (κ2) is 4.97. The summed E-state index contributed by atoms with van der Waals surface area (Å²) >= 11 is 0. The molecule has 90 valence electrons. The van der Waals surface area contributed by atoms with E-state index in [0.717, 1.165) is 17.0 Å². The van der Waals surface area contributed by atoms with Crippen LogP contribution in [0.5, 0.6) is 0 Å². The number of benzene rings is 1. The highest BCUT2D eigenvalue weighted by Gasteiger charge is 2.05. The largest absolute Gasteiger partial charge is 0.448 e. The summed E-state index contributed by atoms with van der Waals surface area (Å²) in [6.45, 7) is 2.91. The van der Waals surface area contributed by atoms with Gasteiger partial charge in [-0.25, -0.2) is 9.37 Å². The highest BCUT2D eigenvalue weighted by Crippen LogP contribution is 2.15. The second-order valence-corrected chi connectivity index (χ2v) is 3.77. The van der Waals surface area contributed by atoms with Gasteiger partial charge in [0.15, 0.2) is 6.39 Å². The van der Waals surface area contributed by atoms with Gasteiger partial charge < -0.3 is 15.5 Å². The molecule has 0 bridgehead atoms. The number of oxazole rings is 1. The van der Waals surface area contributed by atoms with Gasteiger partial charge in [0.1, 0.15) is 11.6 Å². The zero-order valence-electron chi connectivity index (χ0n) is 9.53. The first kappa shape index (κ1) is 11.6. The van der Waals surface area contributed by atoms with E-state index in [1.165, 1.54) is 12.5 Å². The van der Waals surface area contributed by atoms with Crippen molar-refractivity contribution in [3.63, 3.8) is 0 Å². The quantitative estimate of drug-likeness (QED) is 0.795. The summed E-state index contributed by atoms with van der Waals surface area (Å²) in [4.78, 5) is 4.05. The minimum atomic E-state index is -0.387. The molecule has 0 atom stereocenters. The van der Waals surface area contributed by atoms with E-state index in [1.807, 2.05) is 6.92 Å². The van der Waals surface area contributed by atoms with E-state index in [4.69, 9.17) is 10.2 Å². The Hall–Kier alpha value is -1.88. The maximum Gasteiger partial charge on any atom is 0.181 e. The number of nitrogens with one attached hydrogen (secondary N) is 1. The number of hydrogen-bond acceptors (Lipinski definition) is 4. The standard InChI is InChI=1S/C12H14FN3O/c1-8-11(16-7-17-8)6-15-5-9-3-2-4-10(13)12(9)14/h2-4,7,15H,5-6,14H2,1H3. The molecule has 2 aromatic rings. The number of halogens is 1. The molecule has 3 N–H and O–H groups in total. The van der Waals surface area contributed by atoms with E-state index in [-0.39, 0.29) is 11.5 Å². The van der Waals surface area contributed by atoms with Gasteiger partial charge in [0.05, 0.1) is 11.4 Å². The predicted octanol–water partition coefficient (Wildman–Crippen LogP) is 1.99. The molecule has 5 heteroatoms. The summed E-state index contributed by atoms with van der Waals surface area (Å²) in [6, 6.07) is 4.78.